The maximum absolute atomic E-state index is 12.8. The SMILES string of the molecule is O=C(c1ccc(-c2ccccc2[N+](=O)[O-])o1)N1CC[C@@H]2CCCC[C@@H]2C1. The van der Waals surface area contributed by atoms with Crippen LogP contribution in [0.2, 0.25) is 0 Å². The standard InChI is InChI=1S/C20H22N2O4/c23-20(21-12-11-14-5-1-2-6-15(14)13-21)19-10-9-18(26-19)16-7-3-4-8-17(16)22(24)25/h3-4,7-10,14-15H,1-2,5-6,11-13H2/t14-,15+/m0/s1. The Balaban J connectivity index is 1.53. The highest BCUT2D eigenvalue weighted by Crippen LogP contribution is 2.37. The average molecular weight is 354 g/mol. The van der Waals surface area contributed by atoms with Gasteiger partial charge in [0.05, 0.1) is 10.5 Å². The summed E-state index contributed by atoms with van der Waals surface area (Å²) in [7, 11) is 0. The molecule has 2 aliphatic rings. The molecule has 0 N–H and O–H groups in total. The summed E-state index contributed by atoms with van der Waals surface area (Å²) in [6.45, 7) is 1.56. The van der Waals surface area contributed by atoms with Crippen LogP contribution in [-0.4, -0.2) is 28.8 Å². The first-order valence-electron chi connectivity index (χ1n) is 9.26. The van der Waals surface area contributed by atoms with E-state index in [1.165, 1.54) is 31.7 Å². The summed E-state index contributed by atoms with van der Waals surface area (Å²) in [4.78, 5) is 25.5. The quantitative estimate of drug-likeness (QED) is 0.600. The number of nitro benzene ring substituents is 1. The third kappa shape index (κ3) is 3.11. The van der Waals surface area contributed by atoms with E-state index in [4.69, 9.17) is 4.42 Å². The molecule has 1 aromatic carbocycles. The molecule has 1 aromatic heterocycles. The first-order chi connectivity index (χ1) is 12.6. The minimum Gasteiger partial charge on any atom is -0.451 e. The number of nitrogens with zero attached hydrogens (tertiary/aromatic N) is 2. The molecular formula is C20H22N2O4. The van der Waals surface area contributed by atoms with Gasteiger partial charge >= 0.3 is 0 Å². The lowest BCUT2D eigenvalue weighted by atomic mass is 9.75. The molecule has 0 spiro atoms. The molecule has 2 heterocycles. The normalized spacial score (nSPS) is 22.7. The van der Waals surface area contributed by atoms with Crippen LogP contribution in [0, 0.1) is 22.0 Å². The first-order valence-corrected chi connectivity index (χ1v) is 9.26. The van der Waals surface area contributed by atoms with E-state index in [1.807, 2.05) is 4.90 Å². The number of hydrogen-bond acceptors (Lipinski definition) is 4. The van der Waals surface area contributed by atoms with Crippen LogP contribution in [0.1, 0.15) is 42.7 Å². The van der Waals surface area contributed by atoms with Crippen LogP contribution in [-0.2, 0) is 0 Å². The maximum atomic E-state index is 12.8. The van der Waals surface area contributed by atoms with Gasteiger partial charge in [-0.3, -0.25) is 14.9 Å². The van der Waals surface area contributed by atoms with Crippen molar-refractivity contribution in [1.82, 2.24) is 4.90 Å². The number of piperidine rings is 1. The molecule has 0 unspecified atom stereocenters. The van der Waals surface area contributed by atoms with Gasteiger partial charge in [-0.2, -0.15) is 0 Å². The van der Waals surface area contributed by atoms with Gasteiger partial charge in [0.15, 0.2) is 5.76 Å². The number of carbonyl (C=O) groups excluding carboxylic acids is 1. The number of para-hydroxylation sites is 1. The van der Waals surface area contributed by atoms with Crippen molar-refractivity contribution >= 4 is 11.6 Å². The molecule has 1 aliphatic heterocycles. The Morgan fingerprint density at radius 1 is 1.08 bits per heavy atom. The third-order valence-corrected chi connectivity index (χ3v) is 5.76. The van der Waals surface area contributed by atoms with Crippen molar-refractivity contribution in [2.75, 3.05) is 13.1 Å². The van der Waals surface area contributed by atoms with E-state index in [9.17, 15) is 14.9 Å². The van der Waals surface area contributed by atoms with Crippen LogP contribution in [0.3, 0.4) is 0 Å². The van der Waals surface area contributed by atoms with Gasteiger partial charge in [0, 0.05) is 19.2 Å². The largest absolute Gasteiger partial charge is 0.451 e. The fourth-order valence-corrected chi connectivity index (χ4v) is 4.38. The summed E-state index contributed by atoms with van der Waals surface area (Å²) in [5, 5.41) is 11.2. The number of furan rings is 1. The highest BCUT2D eigenvalue weighted by Gasteiger charge is 2.34. The fraction of sp³-hybridized carbons (Fsp3) is 0.450. The molecule has 136 valence electrons. The second kappa shape index (κ2) is 6.94. The van der Waals surface area contributed by atoms with Crippen LogP contribution in [0.15, 0.2) is 40.8 Å². The van der Waals surface area contributed by atoms with Gasteiger partial charge in [0.2, 0.25) is 0 Å². The lowest BCUT2D eigenvalue weighted by Crippen LogP contribution is -2.44. The van der Waals surface area contributed by atoms with Crippen LogP contribution in [0.25, 0.3) is 11.3 Å². The number of fused-ring (bicyclic) bond motifs is 1. The zero-order chi connectivity index (χ0) is 18.1. The molecule has 0 bridgehead atoms. The monoisotopic (exact) mass is 354 g/mol. The Morgan fingerprint density at radius 3 is 2.65 bits per heavy atom. The van der Waals surface area contributed by atoms with E-state index in [-0.39, 0.29) is 17.4 Å². The number of amides is 1. The first kappa shape index (κ1) is 16.8. The minimum atomic E-state index is -0.437. The fourth-order valence-electron chi connectivity index (χ4n) is 4.38. The number of benzene rings is 1. The van der Waals surface area contributed by atoms with Crippen molar-refractivity contribution in [2.45, 2.75) is 32.1 Å². The summed E-state index contributed by atoms with van der Waals surface area (Å²) in [6, 6.07) is 9.68. The van der Waals surface area contributed by atoms with E-state index in [0.29, 0.717) is 17.2 Å². The zero-order valence-electron chi connectivity index (χ0n) is 14.6. The average Bonchev–Trinajstić information content (AvgIpc) is 3.17. The molecule has 2 atom stereocenters. The summed E-state index contributed by atoms with van der Waals surface area (Å²) in [6.07, 6.45) is 6.12. The second-order valence-corrected chi connectivity index (χ2v) is 7.28. The van der Waals surface area contributed by atoms with Crippen LogP contribution in [0.4, 0.5) is 5.69 Å². The summed E-state index contributed by atoms with van der Waals surface area (Å²) in [5.74, 6) is 1.86. The molecule has 0 radical (unpaired) electrons. The molecule has 26 heavy (non-hydrogen) atoms. The molecule has 4 rings (SSSR count). The van der Waals surface area contributed by atoms with Crippen LogP contribution in [0.5, 0.6) is 0 Å². The van der Waals surface area contributed by atoms with Crippen molar-refractivity contribution in [1.29, 1.82) is 0 Å². The van der Waals surface area contributed by atoms with E-state index >= 15 is 0 Å². The molecular weight excluding hydrogens is 332 g/mol. The van der Waals surface area contributed by atoms with Gasteiger partial charge in [0.1, 0.15) is 5.76 Å². The van der Waals surface area contributed by atoms with Gasteiger partial charge in [-0.1, -0.05) is 31.4 Å². The minimum absolute atomic E-state index is 0.0242. The zero-order valence-corrected chi connectivity index (χ0v) is 14.6. The van der Waals surface area contributed by atoms with E-state index in [0.717, 1.165) is 25.4 Å². The Hall–Kier alpha value is -2.63. The maximum Gasteiger partial charge on any atom is 0.289 e. The number of likely N-dealkylation sites (tertiary alicyclic amines) is 1. The summed E-state index contributed by atoms with van der Waals surface area (Å²) < 4.78 is 5.72. The topological polar surface area (TPSA) is 76.6 Å². The molecule has 6 nitrogen and oxygen atoms in total. The predicted molar refractivity (Wildman–Crippen MR) is 96.8 cm³/mol. The van der Waals surface area contributed by atoms with Gasteiger partial charge in [-0.05, 0) is 42.9 Å². The Labute approximate surface area is 151 Å². The van der Waals surface area contributed by atoms with E-state index in [1.54, 1.807) is 30.3 Å². The van der Waals surface area contributed by atoms with Crippen molar-refractivity contribution < 1.29 is 14.1 Å². The Morgan fingerprint density at radius 2 is 1.85 bits per heavy atom. The lowest BCUT2D eigenvalue weighted by Gasteiger charge is -2.41. The third-order valence-electron chi connectivity index (χ3n) is 5.76. The van der Waals surface area contributed by atoms with Crippen LogP contribution >= 0.6 is 0 Å². The van der Waals surface area contributed by atoms with Crippen molar-refractivity contribution in [2.24, 2.45) is 11.8 Å². The number of carbonyl (C=O) groups is 1. The van der Waals surface area contributed by atoms with Gasteiger partial charge in [0.25, 0.3) is 11.6 Å². The lowest BCUT2D eigenvalue weighted by molar-refractivity contribution is -0.384. The highest BCUT2D eigenvalue weighted by atomic mass is 16.6. The highest BCUT2D eigenvalue weighted by molar-refractivity contribution is 5.92. The van der Waals surface area contributed by atoms with Crippen molar-refractivity contribution in [3.63, 3.8) is 0 Å². The van der Waals surface area contributed by atoms with E-state index in [2.05, 4.69) is 0 Å². The number of nitro groups is 1. The van der Waals surface area contributed by atoms with Crippen LogP contribution < -0.4 is 0 Å². The summed E-state index contributed by atoms with van der Waals surface area (Å²) >= 11 is 0. The second-order valence-electron chi connectivity index (χ2n) is 7.28. The molecule has 2 aromatic rings. The molecule has 6 heteroatoms. The predicted octanol–water partition coefficient (Wildman–Crippen LogP) is 4.51. The van der Waals surface area contributed by atoms with Gasteiger partial charge < -0.3 is 9.32 Å². The number of rotatable bonds is 3. The smallest absolute Gasteiger partial charge is 0.289 e. The molecule has 1 saturated carbocycles. The van der Waals surface area contributed by atoms with Crippen molar-refractivity contribution in [3.05, 3.63) is 52.3 Å². The number of hydrogen-bond donors (Lipinski definition) is 0. The summed E-state index contributed by atoms with van der Waals surface area (Å²) in [5.41, 5.74) is 0.367. The Kier molecular flexibility index (Phi) is 4.49. The Bertz CT molecular complexity index is 829. The molecule has 1 amide bonds. The molecule has 1 saturated heterocycles. The molecule has 2 fully saturated rings. The van der Waals surface area contributed by atoms with Crippen molar-refractivity contribution in [3.8, 4) is 11.3 Å². The van der Waals surface area contributed by atoms with Gasteiger partial charge in [-0.15, -0.1) is 0 Å². The van der Waals surface area contributed by atoms with E-state index < -0.39 is 4.92 Å². The van der Waals surface area contributed by atoms with Gasteiger partial charge in [-0.25, -0.2) is 0 Å². The molecule has 1 aliphatic carbocycles.